The Morgan fingerprint density at radius 3 is 2.21 bits per heavy atom. The Hall–Kier alpha value is -2.71. The van der Waals surface area contributed by atoms with E-state index < -0.39 is 28.5 Å². The third kappa shape index (κ3) is 5.88. The van der Waals surface area contributed by atoms with Crippen molar-refractivity contribution in [1.29, 1.82) is 0 Å². The number of sulfonamides is 1. The lowest BCUT2D eigenvalue weighted by molar-refractivity contribution is -0.119. The molecule has 0 aromatic heterocycles. The second-order valence-corrected chi connectivity index (χ2v) is 8.56. The molecular weight excluding hydrogens is 392 g/mol. The zero-order chi connectivity index (χ0) is 21.6. The predicted octanol–water partition coefficient (Wildman–Crippen LogP) is 3.13. The topological polar surface area (TPSA) is 92.8 Å². The molecule has 0 saturated heterocycles. The zero-order valence-electron chi connectivity index (χ0n) is 17.1. The van der Waals surface area contributed by atoms with Crippen molar-refractivity contribution >= 4 is 27.6 Å². The van der Waals surface area contributed by atoms with E-state index in [1.807, 2.05) is 32.0 Å². The number of benzene rings is 2. The Balaban J connectivity index is 2.05. The fraction of sp³-hybridized carbons (Fsp3) is 0.333. The van der Waals surface area contributed by atoms with E-state index in [0.29, 0.717) is 18.8 Å². The number of esters is 1. The quantitative estimate of drug-likeness (QED) is 0.665. The van der Waals surface area contributed by atoms with Crippen LogP contribution in [0.25, 0.3) is 0 Å². The molecule has 0 spiro atoms. The molecule has 2 aromatic carbocycles. The summed E-state index contributed by atoms with van der Waals surface area (Å²) < 4.78 is 31.6. The standard InChI is InChI=1S/C21H26N2O5S/c1-5-23(6-2)29(26,27)19-9-7-8-17(13-19)21(25)28-14-20(24)22-18-11-15(3)10-16(4)12-18/h7-13H,5-6,14H2,1-4H3,(H,22,24). The predicted molar refractivity (Wildman–Crippen MR) is 111 cm³/mol. The van der Waals surface area contributed by atoms with Crippen molar-refractivity contribution in [3.8, 4) is 0 Å². The number of hydrogen-bond acceptors (Lipinski definition) is 5. The van der Waals surface area contributed by atoms with Gasteiger partial charge in [0.2, 0.25) is 10.0 Å². The highest BCUT2D eigenvalue weighted by atomic mass is 32.2. The summed E-state index contributed by atoms with van der Waals surface area (Å²) in [5.74, 6) is -1.24. The molecule has 2 rings (SSSR count). The van der Waals surface area contributed by atoms with Crippen LogP contribution in [0, 0.1) is 13.8 Å². The molecule has 0 aliphatic heterocycles. The molecule has 2 aromatic rings. The number of ether oxygens (including phenoxy) is 1. The highest BCUT2D eigenvalue weighted by molar-refractivity contribution is 7.89. The van der Waals surface area contributed by atoms with E-state index in [1.165, 1.54) is 28.6 Å². The van der Waals surface area contributed by atoms with Crippen molar-refractivity contribution in [2.75, 3.05) is 25.0 Å². The smallest absolute Gasteiger partial charge is 0.338 e. The van der Waals surface area contributed by atoms with Crippen LogP contribution >= 0.6 is 0 Å². The maximum Gasteiger partial charge on any atom is 0.338 e. The van der Waals surface area contributed by atoms with E-state index in [9.17, 15) is 18.0 Å². The molecule has 29 heavy (non-hydrogen) atoms. The van der Waals surface area contributed by atoms with E-state index in [-0.39, 0.29) is 10.5 Å². The Kier molecular flexibility index (Phi) is 7.53. The van der Waals surface area contributed by atoms with Gasteiger partial charge in [-0.1, -0.05) is 26.0 Å². The fourth-order valence-electron chi connectivity index (χ4n) is 2.95. The van der Waals surface area contributed by atoms with Crippen LogP contribution < -0.4 is 5.32 Å². The fourth-order valence-corrected chi connectivity index (χ4v) is 4.46. The Morgan fingerprint density at radius 2 is 1.62 bits per heavy atom. The largest absolute Gasteiger partial charge is 0.452 e. The minimum absolute atomic E-state index is 0.00957. The number of amides is 1. The summed E-state index contributed by atoms with van der Waals surface area (Å²) in [6.07, 6.45) is 0. The summed E-state index contributed by atoms with van der Waals surface area (Å²) >= 11 is 0. The summed E-state index contributed by atoms with van der Waals surface area (Å²) in [6.45, 7) is 7.50. The SMILES string of the molecule is CCN(CC)S(=O)(=O)c1cccc(C(=O)OCC(=O)Nc2cc(C)cc(C)c2)c1. The first-order chi connectivity index (χ1) is 13.7. The van der Waals surface area contributed by atoms with Gasteiger partial charge in [-0.05, 0) is 55.3 Å². The summed E-state index contributed by atoms with van der Waals surface area (Å²) in [5, 5.41) is 2.68. The first-order valence-electron chi connectivity index (χ1n) is 9.32. The van der Waals surface area contributed by atoms with Gasteiger partial charge in [0.15, 0.2) is 6.61 Å². The molecule has 0 aliphatic carbocycles. The number of aryl methyl sites for hydroxylation is 2. The highest BCUT2D eigenvalue weighted by Gasteiger charge is 2.23. The van der Waals surface area contributed by atoms with Crippen LogP contribution in [0.15, 0.2) is 47.4 Å². The van der Waals surface area contributed by atoms with Gasteiger partial charge in [-0.2, -0.15) is 4.31 Å². The van der Waals surface area contributed by atoms with Crippen molar-refractivity contribution in [2.45, 2.75) is 32.6 Å². The van der Waals surface area contributed by atoms with Gasteiger partial charge in [0.1, 0.15) is 0 Å². The molecule has 8 heteroatoms. The number of carbonyl (C=O) groups is 2. The van der Waals surface area contributed by atoms with Gasteiger partial charge < -0.3 is 10.1 Å². The molecule has 0 unspecified atom stereocenters. The lowest BCUT2D eigenvalue weighted by Crippen LogP contribution is -2.30. The van der Waals surface area contributed by atoms with Crippen LogP contribution in [0.5, 0.6) is 0 Å². The number of anilines is 1. The average Bonchev–Trinajstić information content (AvgIpc) is 2.66. The lowest BCUT2D eigenvalue weighted by Gasteiger charge is -2.18. The van der Waals surface area contributed by atoms with Crippen molar-refractivity contribution in [2.24, 2.45) is 0 Å². The van der Waals surface area contributed by atoms with Gasteiger partial charge in [-0.3, -0.25) is 4.79 Å². The van der Waals surface area contributed by atoms with Crippen LogP contribution in [0.1, 0.15) is 35.3 Å². The van der Waals surface area contributed by atoms with Crippen molar-refractivity contribution in [3.05, 3.63) is 59.2 Å². The van der Waals surface area contributed by atoms with E-state index in [2.05, 4.69) is 5.32 Å². The Labute approximate surface area is 171 Å². The minimum Gasteiger partial charge on any atom is -0.452 e. The average molecular weight is 419 g/mol. The van der Waals surface area contributed by atoms with E-state index in [1.54, 1.807) is 13.8 Å². The summed E-state index contributed by atoms with van der Waals surface area (Å²) in [7, 11) is -3.69. The van der Waals surface area contributed by atoms with Gasteiger partial charge in [0.25, 0.3) is 5.91 Å². The first-order valence-corrected chi connectivity index (χ1v) is 10.8. The van der Waals surface area contributed by atoms with E-state index in [0.717, 1.165) is 11.1 Å². The lowest BCUT2D eigenvalue weighted by atomic mass is 10.1. The van der Waals surface area contributed by atoms with Crippen LogP contribution in [0.3, 0.4) is 0 Å². The second kappa shape index (κ2) is 9.67. The van der Waals surface area contributed by atoms with E-state index >= 15 is 0 Å². The summed E-state index contributed by atoms with van der Waals surface area (Å²) in [5.41, 5.74) is 2.69. The maximum absolute atomic E-state index is 12.6. The Morgan fingerprint density at radius 1 is 1.00 bits per heavy atom. The molecule has 0 bridgehead atoms. The third-order valence-corrected chi connectivity index (χ3v) is 6.30. The van der Waals surface area contributed by atoms with Gasteiger partial charge in [-0.25, -0.2) is 13.2 Å². The first kappa shape index (κ1) is 22.6. The van der Waals surface area contributed by atoms with Crippen LogP contribution in [0.2, 0.25) is 0 Å². The van der Waals surface area contributed by atoms with E-state index in [4.69, 9.17) is 4.74 Å². The summed E-state index contributed by atoms with van der Waals surface area (Å²) in [6, 6.07) is 11.2. The molecule has 0 heterocycles. The van der Waals surface area contributed by atoms with Crippen molar-refractivity contribution < 1.29 is 22.7 Å². The number of hydrogen-bond donors (Lipinski definition) is 1. The van der Waals surface area contributed by atoms with Gasteiger partial charge in [0, 0.05) is 18.8 Å². The van der Waals surface area contributed by atoms with Crippen LogP contribution in [0.4, 0.5) is 5.69 Å². The molecule has 0 radical (unpaired) electrons. The van der Waals surface area contributed by atoms with Crippen LogP contribution in [-0.2, 0) is 19.6 Å². The molecule has 1 N–H and O–H groups in total. The normalized spacial score (nSPS) is 11.3. The molecule has 0 atom stereocenters. The second-order valence-electron chi connectivity index (χ2n) is 6.62. The molecule has 156 valence electrons. The monoisotopic (exact) mass is 418 g/mol. The van der Waals surface area contributed by atoms with Gasteiger partial charge in [-0.15, -0.1) is 0 Å². The van der Waals surface area contributed by atoms with Crippen molar-refractivity contribution in [3.63, 3.8) is 0 Å². The summed E-state index contributed by atoms with van der Waals surface area (Å²) in [4.78, 5) is 24.4. The van der Waals surface area contributed by atoms with Gasteiger partial charge >= 0.3 is 5.97 Å². The number of nitrogens with one attached hydrogen (secondary N) is 1. The molecular formula is C21H26N2O5S. The number of rotatable bonds is 8. The van der Waals surface area contributed by atoms with Crippen LogP contribution in [-0.4, -0.2) is 44.3 Å². The zero-order valence-corrected chi connectivity index (χ0v) is 17.9. The molecule has 0 fully saturated rings. The number of carbonyl (C=O) groups excluding carboxylic acids is 2. The minimum atomic E-state index is -3.69. The number of nitrogens with zero attached hydrogens (tertiary/aromatic N) is 1. The third-order valence-electron chi connectivity index (χ3n) is 4.25. The molecule has 7 nitrogen and oxygen atoms in total. The molecule has 1 amide bonds. The Bertz CT molecular complexity index is 978. The maximum atomic E-state index is 12.6. The van der Waals surface area contributed by atoms with Gasteiger partial charge in [0.05, 0.1) is 10.5 Å². The molecule has 0 aliphatic rings. The highest BCUT2D eigenvalue weighted by Crippen LogP contribution is 2.18. The molecule has 0 saturated carbocycles. The van der Waals surface area contributed by atoms with Crippen molar-refractivity contribution in [1.82, 2.24) is 4.31 Å².